The minimum atomic E-state index is -0.266. The number of hydrogen-bond donors (Lipinski definition) is 1. The van der Waals surface area contributed by atoms with E-state index in [0.29, 0.717) is 55.6 Å². The molecule has 1 saturated heterocycles. The monoisotopic (exact) mass is 358 g/mol. The van der Waals surface area contributed by atoms with Crippen molar-refractivity contribution in [1.82, 2.24) is 15.0 Å². The van der Waals surface area contributed by atoms with E-state index in [1.165, 1.54) is 4.90 Å². The van der Waals surface area contributed by atoms with Gasteiger partial charge >= 0.3 is 6.03 Å². The highest BCUT2D eigenvalue weighted by atomic mass is 16.5. The van der Waals surface area contributed by atoms with Gasteiger partial charge in [0.1, 0.15) is 11.5 Å². The summed E-state index contributed by atoms with van der Waals surface area (Å²) in [6.45, 7) is 4.48. The molecule has 0 atom stereocenters. The summed E-state index contributed by atoms with van der Waals surface area (Å²) in [7, 11) is 1.68. The molecule has 3 rings (SSSR count). The number of amides is 3. The molecule has 1 aromatic heterocycles. The van der Waals surface area contributed by atoms with Gasteiger partial charge in [0.25, 0.3) is 5.91 Å². The number of carbonyl (C=O) groups is 2. The van der Waals surface area contributed by atoms with Gasteiger partial charge in [-0.05, 0) is 31.2 Å². The van der Waals surface area contributed by atoms with Crippen molar-refractivity contribution in [3.63, 3.8) is 0 Å². The van der Waals surface area contributed by atoms with Gasteiger partial charge in [-0.25, -0.2) is 4.79 Å². The Labute approximate surface area is 151 Å². The maximum atomic E-state index is 12.4. The molecule has 0 aliphatic carbocycles. The Bertz CT molecular complexity index is 766. The largest absolute Gasteiger partial charge is 0.378 e. The molecule has 1 aliphatic rings. The van der Waals surface area contributed by atoms with Gasteiger partial charge in [-0.1, -0.05) is 5.16 Å². The smallest absolute Gasteiger partial charge is 0.321 e. The predicted octanol–water partition coefficient (Wildman–Crippen LogP) is 2.12. The molecule has 1 fully saturated rings. The summed E-state index contributed by atoms with van der Waals surface area (Å²) in [5, 5.41) is 6.67. The third-order valence-corrected chi connectivity index (χ3v) is 4.10. The number of hydrogen-bond acceptors (Lipinski definition) is 5. The van der Waals surface area contributed by atoms with Gasteiger partial charge in [0.15, 0.2) is 0 Å². The van der Waals surface area contributed by atoms with Gasteiger partial charge in [-0.2, -0.15) is 0 Å². The maximum absolute atomic E-state index is 12.4. The first-order valence-corrected chi connectivity index (χ1v) is 8.44. The van der Waals surface area contributed by atoms with Crippen LogP contribution in [0, 0.1) is 6.92 Å². The Morgan fingerprint density at radius 2 is 1.92 bits per heavy atom. The van der Waals surface area contributed by atoms with Gasteiger partial charge < -0.3 is 24.4 Å². The summed E-state index contributed by atoms with van der Waals surface area (Å²) in [6.07, 6.45) is 0. The first-order valence-electron chi connectivity index (χ1n) is 8.44. The van der Waals surface area contributed by atoms with E-state index < -0.39 is 0 Å². The summed E-state index contributed by atoms with van der Waals surface area (Å²) < 4.78 is 10.3. The van der Waals surface area contributed by atoms with E-state index in [9.17, 15) is 9.59 Å². The number of nitrogens with one attached hydrogen (secondary N) is 1. The minimum Gasteiger partial charge on any atom is -0.378 e. The normalized spacial score (nSPS) is 14.2. The molecule has 2 heterocycles. The molecule has 0 spiro atoms. The lowest BCUT2D eigenvalue weighted by Crippen LogP contribution is -2.40. The zero-order valence-electron chi connectivity index (χ0n) is 14.9. The van der Waals surface area contributed by atoms with Crippen LogP contribution in [0.25, 0.3) is 0 Å². The van der Waals surface area contributed by atoms with Crippen LogP contribution in [0.15, 0.2) is 34.9 Å². The molecular weight excluding hydrogens is 336 g/mol. The topological polar surface area (TPSA) is 87.9 Å². The van der Waals surface area contributed by atoms with Gasteiger partial charge in [-0.3, -0.25) is 4.79 Å². The second-order valence-corrected chi connectivity index (χ2v) is 6.20. The van der Waals surface area contributed by atoms with Crippen LogP contribution in [0.1, 0.15) is 21.8 Å². The van der Waals surface area contributed by atoms with Gasteiger partial charge in [0, 0.05) is 37.5 Å². The Balaban J connectivity index is 1.56. The lowest BCUT2D eigenvalue weighted by atomic mass is 10.1. The zero-order chi connectivity index (χ0) is 18.5. The van der Waals surface area contributed by atoms with Crippen LogP contribution in [0.4, 0.5) is 10.5 Å². The Hall–Kier alpha value is -2.87. The van der Waals surface area contributed by atoms with Crippen LogP contribution in [-0.2, 0) is 11.3 Å². The molecule has 1 aromatic carbocycles. The number of nitrogens with zero attached hydrogens (tertiary/aromatic N) is 3. The van der Waals surface area contributed by atoms with E-state index in [0.717, 1.165) is 0 Å². The van der Waals surface area contributed by atoms with Crippen LogP contribution < -0.4 is 5.32 Å². The van der Waals surface area contributed by atoms with E-state index in [2.05, 4.69) is 10.5 Å². The average molecular weight is 358 g/mol. The summed E-state index contributed by atoms with van der Waals surface area (Å²) in [6, 6.07) is 8.40. The molecule has 1 aliphatic heterocycles. The molecule has 26 heavy (non-hydrogen) atoms. The number of carbonyl (C=O) groups excluding carboxylic acids is 2. The highest BCUT2D eigenvalue weighted by molar-refractivity contribution is 5.95. The fourth-order valence-corrected chi connectivity index (χ4v) is 2.67. The molecular formula is C18H22N4O4. The lowest BCUT2D eigenvalue weighted by molar-refractivity contribution is 0.0303. The third-order valence-electron chi connectivity index (χ3n) is 4.10. The van der Waals surface area contributed by atoms with Crippen molar-refractivity contribution in [2.45, 2.75) is 13.5 Å². The van der Waals surface area contributed by atoms with E-state index in [4.69, 9.17) is 9.26 Å². The second kappa shape index (κ2) is 8.01. The Morgan fingerprint density at radius 3 is 2.54 bits per heavy atom. The van der Waals surface area contributed by atoms with Crippen LogP contribution in [0.2, 0.25) is 0 Å². The minimum absolute atomic E-state index is 0.0234. The number of rotatable bonds is 4. The van der Waals surface area contributed by atoms with E-state index in [1.807, 2.05) is 0 Å². The number of morpholine rings is 1. The first kappa shape index (κ1) is 17.9. The van der Waals surface area contributed by atoms with Crippen LogP contribution in [0.3, 0.4) is 0 Å². The number of aromatic nitrogens is 1. The number of urea groups is 1. The quantitative estimate of drug-likeness (QED) is 0.904. The molecule has 2 aromatic rings. The highest BCUT2D eigenvalue weighted by Gasteiger charge is 2.18. The Kier molecular flexibility index (Phi) is 5.52. The third kappa shape index (κ3) is 4.40. The van der Waals surface area contributed by atoms with E-state index >= 15 is 0 Å². The molecule has 138 valence electrons. The summed E-state index contributed by atoms with van der Waals surface area (Å²) in [4.78, 5) is 27.9. The molecule has 0 radical (unpaired) electrons. The lowest BCUT2D eigenvalue weighted by Gasteiger charge is -2.26. The van der Waals surface area contributed by atoms with Gasteiger partial charge in [0.05, 0.1) is 19.8 Å². The van der Waals surface area contributed by atoms with Crippen LogP contribution in [-0.4, -0.2) is 60.2 Å². The van der Waals surface area contributed by atoms with Gasteiger partial charge in [0.2, 0.25) is 0 Å². The van der Waals surface area contributed by atoms with Crippen molar-refractivity contribution in [3.05, 3.63) is 47.3 Å². The summed E-state index contributed by atoms with van der Waals surface area (Å²) in [5.41, 5.74) is 1.90. The number of benzene rings is 1. The molecule has 0 bridgehead atoms. The van der Waals surface area contributed by atoms with Crippen LogP contribution >= 0.6 is 0 Å². The standard InChI is InChI=1S/C18H22N4O4/c1-13-11-16(20-26-13)12-21(2)18(24)19-15-5-3-14(4-6-15)17(23)22-7-9-25-10-8-22/h3-6,11H,7-10,12H2,1-2H3,(H,19,24). The Morgan fingerprint density at radius 1 is 1.23 bits per heavy atom. The van der Waals surface area contributed by atoms with Crippen molar-refractivity contribution in [2.75, 3.05) is 38.7 Å². The van der Waals surface area contributed by atoms with Crippen molar-refractivity contribution >= 4 is 17.6 Å². The number of ether oxygens (including phenoxy) is 1. The van der Waals surface area contributed by atoms with Crippen LogP contribution in [0.5, 0.6) is 0 Å². The summed E-state index contributed by atoms with van der Waals surface area (Å²) in [5.74, 6) is 0.680. The fraction of sp³-hybridized carbons (Fsp3) is 0.389. The number of aryl methyl sites for hydroxylation is 1. The van der Waals surface area contributed by atoms with Crippen molar-refractivity contribution in [1.29, 1.82) is 0 Å². The summed E-state index contributed by atoms with van der Waals surface area (Å²) >= 11 is 0. The van der Waals surface area contributed by atoms with Gasteiger partial charge in [-0.15, -0.1) is 0 Å². The fourth-order valence-electron chi connectivity index (χ4n) is 2.67. The molecule has 1 N–H and O–H groups in total. The first-order chi connectivity index (χ1) is 12.5. The molecule has 8 nitrogen and oxygen atoms in total. The SMILES string of the molecule is Cc1cc(CN(C)C(=O)Nc2ccc(C(=O)N3CCOCC3)cc2)no1. The molecule has 8 heteroatoms. The predicted molar refractivity (Wildman–Crippen MR) is 94.9 cm³/mol. The van der Waals surface area contributed by atoms with Crippen molar-refractivity contribution in [3.8, 4) is 0 Å². The number of anilines is 1. The van der Waals surface area contributed by atoms with E-state index in [-0.39, 0.29) is 11.9 Å². The van der Waals surface area contributed by atoms with E-state index in [1.54, 1.807) is 49.2 Å². The zero-order valence-corrected chi connectivity index (χ0v) is 14.9. The highest BCUT2D eigenvalue weighted by Crippen LogP contribution is 2.14. The second-order valence-electron chi connectivity index (χ2n) is 6.20. The maximum Gasteiger partial charge on any atom is 0.321 e. The van der Waals surface area contributed by atoms with Crippen molar-refractivity contribution in [2.24, 2.45) is 0 Å². The molecule has 0 saturated carbocycles. The molecule has 3 amide bonds. The van der Waals surface area contributed by atoms with Crippen molar-refractivity contribution < 1.29 is 18.8 Å². The average Bonchev–Trinajstić information content (AvgIpc) is 3.07. The molecule has 0 unspecified atom stereocenters.